The van der Waals surface area contributed by atoms with Crippen molar-refractivity contribution in [2.45, 2.75) is 76.9 Å². The minimum Gasteiger partial charge on any atom is -0.444 e. The van der Waals surface area contributed by atoms with Gasteiger partial charge >= 0.3 is 12.1 Å². The predicted molar refractivity (Wildman–Crippen MR) is 122 cm³/mol. The van der Waals surface area contributed by atoms with Crippen molar-refractivity contribution >= 4 is 18.0 Å². The lowest BCUT2D eigenvalue weighted by Crippen LogP contribution is -2.52. The lowest BCUT2D eigenvalue weighted by molar-refractivity contribution is -0.146. The van der Waals surface area contributed by atoms with Gasteiger partial charge in [0.25, 0.3) is 5.91 Å². The van der Waals surface area contributed by atoms with Gasteiger partial charge in [-0.3, -0.25) is 14.5 Å². The molecule has 1 N–H and O–H groups in total. The van der Waals surface area contributed by atoms with Crippen LogP contribution in [0.3, 0.4) is 0 Å². The van der Waals surface area contributed by atoms with Crippen LogP contribution in [0.4, 0.5) is 9.59 Å². The van der Waals surface area contributed by atoms with Crippen LogP contribution in [0.5, 0.6) is 0 Å². The van der Waals surface area contributed by atoms with Crippen molar-refractivity contribution in [1.29, 1.82) is 0 Å². The molecule has 0 spiro atoms. The molecule has 3 heterocycles. The summed E-state index contributed by atoms with van der Waals surface area (Å²) in [5.74, 6) is -0.355. The molecule has 0 unspecified atom stereocenters. The maximum absolute atomic E-state index is 12.9. The van der Waals surface area contributed by atoms with Crippen LogP contribution in [0.15, 0.2) is 30.3 Å². The van der Waals surface area contributed by atoms with Gasteiger partial charge in [-0.25, -0.2) is 15.1 Å². The Bertz CT molecular complexity index is 889. The molecule has 4 rings (SSSR count). The number of nitrogens with zero attached hydrogens (tertiary/aromatic N) is 3. The Kier molecular flexibility index (Phi) is 7.27. The van der Waals surface area contributed by atoms with E-state index >= 15 is 0 Å². The van der Waals surface area contributed by atoms with Crippen molar-refractivity contribution < 1.29 is 28.8 Å². The van der Waals surface area contributed by atoms with Crippen molar-refractivity contribution in [2.75, 3.05) is 19.6 Å². The average molecular weight is 475 g/mol. The van der Waals surface area contributed by atoms with Crippen molar-refractivity contribution in [2.24, 2.45) is 0 Å². The van der Waals surface area contributed by atoms with E-state index in [1.54, 1.807) is 9.80 Å². The van der Waals surface area contributed by atoms with E-state index in [0.717, 1.165) is 18.4 Å². The molecule has 10 heteroatoms. The first-order valence-corrected chi connectivity index (χ1v) is 11.9. The summed E-state index contributed by atoms with van der Waals surface area (Å²) in [6, 6.07) is 8.67. The number of hydroxylamine groups is 3. The molecule has 2 bridgehead atoms. The molecule has 0 aromatic heterocycles. The van der Waals surface area contributed by atoms with Gasteiger partial charge in [0.2, 0.25) is 0 Å². The molecule has 0 radical (unpaired) electrons. The lowest BCUT2D eigenvalue weighted by atomic mass is 10.0. The summed E-state index contributed by atoms with van der Waals surface area (Å²) in [6.45, 7) is 7.15. The van der Waals surface area contributed by atoms with E-state index in [4.69, 9.17) is 14.4 Å². The average Bonchev–Trinajstić information content (AvgIpc) is 3.05. The molecule has 1 aromatic rings. The Hall–Kier alpha value is -2.85. The summed E-state index contributed by atoms with van der Waals surface area (Å²) in [6.07, 6.45) is 1.96. The number of carbonyl (C=O) groups is 3. The van der Waals surface area contributed by atoms with Crippen molar-refractivity contribution in [3.05, 3.63) is 35.9 Å². The molecule has 34 heavy (non-hydrogen) atoms. The molecule has 10 nitrogen and oxygen atoms in total. The quantitative estimate of drug-likeness (QED) is 0.637. The maximum atomic E-state index is 12.9. The van der Waals surface area contributed by atoms with Crippen LogP contribution < -0.4 is 5.48 Å². The molecule has 3 fully saturated rings. The van der Waals surface area contributed by atoms with Crippen molar-refractivity contribution in [3.63, 3.8) is 0 Å². The summed E-state index contributed by atoms with van der Waals surface area (Å²) in [7, 11) is 0. The molecule has 186 valence electrons. The van der Waals surface area contributed by atoms with E-state index in [-0.39, 0.29) is 30.2 Å². The molecule has 3 atom stereocenters. The molecular formula is C24H34N4O6. The number of hydrogen-bond donors (Lipinski definition) is 1. The standard InChI is InChI=1S/C24H34N4O6/c1-24(2,3)33-23(31)26-13-7-10-19(15-26)34-25-21(29)20-12-11-18-14-27(20)22(30)28(18)32-16-17-8-5-4-6-9-17/h4-6,8-9,18-20H,7,10-16H2,1-3H3,(H,25,29)/t18-,19-,20+/m1/s1. The topological polar surface area (TPSA) is 101 Å². The van der Waals surface area contributed by atoms with Crippen LogP contribution in [0.25, 0.3) is 0 Å². The third-order valence-electron chi connectivity index (χ3n) is 6.19. The number of urea groups is 1. The van der Waals surface area contributed by atoms with Crippen LogP contribution in [0, 0.1) is 0 Å². The summed E-state index contributed by atoms with van der Waals surface area (Å²) in [4.78, 5) is 52.7. The first-order chi connectivity index (χ1) is 16.2. The number of amides is 4. The Morgan fingerprint density at radius 1 is 1.09 bits per heavy atom. The normalized spacial score (nSPS) is 24.9. The highest BCUT2D eigenvalue weighted by Crippen LogP contribution is 2.30. The van der Waals surface area contributed by atoms with Gasteiger partial charge < -0.3 is 14.5 Å². The third kappa shape index (κ3) is 5.79. The van der Waals surface area contributed by atoms with Crippen LogP contribution >= 0.6 is 0 Å². The van der Waals surface area contributed by atoms with E-state index < -0.39 is 11.6 Å². The predicted octanol–water partition coefficient (Wildman–Crippen LogP) is 2.83. The SMILES string of the molecule is CC(C)(C)OC(=O)N1CCC[C@@H](ONC(=O)[C@@H]2CC[C@@H]3CN2C(=O)N3OCc2ccccc2)C1. The number of nitrogens with one attached hydrogen (secondary N) is 1. The van der Waals surface area contributed by atoms with Gasteiger partial charge in [-0.2, -0.15) is 5.06 Å². The fraction of sp³-hybridized carbons (Fsp3) is 0.625. The Morgan fingerprint density at radius 3 is 2.59 bits per heavy atom. The molecule has 3 aliphatic heterocycles. The first-order valence-electron chi connectivity index (χ1n) is 11.9. The second-order valence-corrected chi connectivity index (χ2v) is 10.0. The number of ether oxygens (including phenoxy) is 1. The number of rotatable bonds is 6. The Morgan fingerprint density at radius 2 is 1.85 bits per heavy atom. The zero-order valence-electron chi connectivity index (χ0n) is 20.1. The number of carbonyl (C=O) groups excluding carboxylic acids is 3. The molecule has 4 amide bonds. The van der Waals surface area contributed by atoms with Crippen molar-refractivity contribution in [1.82, 2.24) is 20.3 Å². The molecule has 0 aliphatic carbocycles. The van der Waals surface area contributed by atoms with Crippen LogP contribution in [-0.2, 0) is 25.8 Å². The minimum absolute atomic E-state index is 0.0677. The van der Waals surface area contributed by atoms with Crippen LogP contribution in [0.2, 0.25) is 0 Å². The number of hydrogen-bond acceptors (Lipinski definition) is 6. The molecular weight excluding hydrogens is 440 g/mol. The highest BCUT2D eigenvalue weighted by molar-refractivity contribution is 5.88. The highest BCUT2D eigenvalue weighted by Gasteiger charge is 2.48. The van der Waals surface area contributed by atoms with Gasteiger partial charge in [-0.05, 0) is 52.0 Å². The fourth-order valence-corrected chi connectivity index (χ4v) is 4.52. The largest absolute Gasteiger partial charge is 0.444 e. The number of fused-ring (bicyclic) bond motifs is 2. The van der Waals surface area contributed by atoms with E-state index in [1.807, 2.05) is 51.1 Å². The number of benzene rings is 1. The zero-order valence-corrected chi connectivity index (χ0v) is 20.1. The molecule has 0 saturated carbocycles. The van der Waals surface area contributed by atoms with Crippen molar-refractivity contribution in [3.8, 4) is 0 Å². The first kappa shape index (κ1) is 24.3. The third-order valence-corrected chi connectivity index (χ3v) is 6.19. The maximum Gasteiger partial charge on any atom is 0.410 e. The number of likely N-dealkylation sites (tertiary alicyclic amines) is 1. The van der Waals surface area contributed by atoms with Gasteiger partial charge in [0.15, 0.2) is 0 Å². The van der Waals surface area contributed by atoms with E-state index in [1.165, 1.54) is 5.06 Å². The summed E-state index contributed by atoms with van der Waals surface area (Å²) < 4.78 is 5.43. The zero-order chi connectivity index (χ0) is 24.3. The van der Waals surface area contributed by atoms with Crippen LogP contribution in [-0.4, -0.2) is 76.3 Å². The Labute approximate surface area is 200 Å². The van der Waals surface area contributed by atoms with E-state index in [0.29, 0.717) is 39.1 Å². The summed E-state index contributed by atoms with van der Waals surface area (Å²) >= 11 is 0. The van der Waals surface area contributed by atoms with Gasteiger partial charge in [-0.1, -0.05) is 30.3 Å². The molecule has 1 aromatic carbocycles. The van der Waals surface area contributed by atoms with Crippen LogP contribution in [0.1, 0.15) is 52.0 Å². The highest BCUT2D eigenvalue weighted by atomic mass is 16.7. The Balaban J connectivity index is 1.26. The smallest absolute Gasteiger partial charge is 0.410 e. The van der Waals surface area contributed by atoms with Gasteiger partial charge in [-0.15, -0.1) is 0 Å². The summed E-state index contributed by atoms with van der Waals surface area (Å²) in [5.41, 5.74) is 2.94. The van der Waals surface area contributed by atoms with Gasteiger partial charge in [0.1, 0.15) is 24.4 Å². The molecule has 3 aliphatic rings. The summed E-state index contributed by atoms with van der Waals surface area (Å²) in [5, 5.41) is 1.40. The van der Waals surface area contributed by atoms with E-state index in [2.05, 4.69) is 5.48 Å². The lowest BCUT2D eigenvalue weighted by Gasteiger charge is -2.34. The monoisotopic (exact) mass is 474 g/mol. The minimum atomic E-state index is -0.611. The van der Waals surface area contributed by atoms with E-state index in [9.17, 15) is 14.4 Å². The second kappa shape index (κ2) is 10.2. The van der Waals surface area contributed by atoms with Gasteiger partial charge in [0, 0.05) is 13.1 Å². The second-order valence-electron chi connectivity index (χ2n) is 10.0. The molecule has 3 saturated heterocycles. The fourth-order valence-electron chi connectivity index (χ4n) is 4.52. The number of piperidine rings is 2. The van der Waals surface area contributed by atoms with Gasteiger partial charge in [0.05, 0.1) is 12.6 Å².